The third-order valence-corrected chi connectivity index (χ3v) is 22.6. The van der Waals surface area contributed by atoms with Crippen molar-refractivity contribution in [1.29, 1.82) is 0 Å². The molecule has 7 N–H and O–H groups in total. The van der Waals surface area contributed by atoms with Crippen molar-refractivity contribution in [2.24, 2.45) is 63.5 Å². The third-order valence-electron chi connectivity index (χ3n) is 21.7. The maximum absolute atomic E-state index is 14.5. The van der Waals surface area contributed by atoms with Gasteiger partial charge in [-0.15, -0.1) is 6.58 Å². The van der Waals surface area contributed by atoms with Crippen LogP contribution in [0.2, 0.25) is 0 Å². The Hall–Kier alpha value is -4.53. The molecule has 1 aromatic carbocycles. The van der Waals surface area contributed by atoms with Crippen LogP contribution in [0.25, 0.3) is 23.1 Å². The number of ether oxygens (including phenoxy) is 3. The Morgan fingerprint density at radius 3 is 2.19 bits per heavy atom. The Morgan fingerprint density at radius 1 is 0.789 bits per heavy atom. The van der Waals surface area contributed by atoms with E-state index in [1.807, 2.05) is 23.1 Å². The van der Waals surface area contributed by atoms with Gasteiger partial charge in [0.15, 0.2) is 17.3 Å². The number of anilines is 1. The average Bonchev–Trinajstić information content (AvgIpc) is 1.32. The van der Waals surface area contributed by atoms with Crippen LogP contribution in [-0.4, -0.2) is 132 Å². The van der Waals surface area contributed by atoms with Crippen molar-refractivity contribution in [2.75, 3.05) is 83.6 Å². The van der Waals surface area contributed by atoms with E-state index in [-0.39, 0.29) is 76.5 Å². The van der Waals surface area contributed by atoms with Gasteiger partial charge in [-0.25, -0.2) is 9.36 Å². The smallest absolute Gasteiger partial charge is 0.343 e. The number of aromatic nitrogens is 1. The van der Waals surface area contributed by atoms with Crippen LogP contribution < -0.4 is 32.3 Å². The maximum atomic E-state index is 14.5. The second kappa shape index (κ2) is 35.7. The number of aryl methyl sites for hydroxylation is 1. The lowest BCUT2D eigenvalue weighted by atomic mass is 9.43. The molecule has 18 heteroatoms. The molecule has 4 aliphatic carbocycles. The number of hydrogen-bond donors (Lipinski definition) is 4. The molecule has 0 radical (unpaired) electrons. The molecule has 2 amide bonds. The van der Waals surface area contributed by atoms with E-state index in [0.29, 0.717) is 113 Å². The molecule has 7 rings (SSSR count). The topological polar surface area (TPSA) is 238 Å². The second-order valence-corrected chi connectivity index (χ2v) is 28.7. The molecule has 2 aromatic heterocycles. The Bertz CT molecular complexity index is 2940. The fraction of sp³-hybridized carbons (Fsp3) is 0.722. The monoisotopic (exact) mass is 1270 g/mol. The summed E-state index contributed by atoms with van der Waals surface area (Å²) in [4.78, 5) is 47.1. The SMILES string of the molecule is C=CCN(CC(=O)N(CCCCCCCC)CCC[C@@H](C)[C@H]1CC[C@H]2C3[C@H](OCCCN)CC4C[C@H](OCCCN)CC[C@]4(C)[C@H]3C[C@H](OCCCN)[C@]12C)C(=O)CCCCC[n+]1ccc(/C=C/c2cc3ccc(N(CC)CC)cc3oc2=O)c(S(=O)(=O)O)c1. The molecule has 0 spiro atoms. The fourth-order valence-electron chi connectivity index (χ4n) is 16.6. The molecule has 4 fully saturated rings. The number of fused-ring (bicyclic) bond motifs is 6. The Morgan fingerprint density at radius 2 is 1.48 bits per heavy atom. The van der Waals surface area contributed by atoms with Gasteiger partial charge in [0, 0.05) is 99.6 Å². The molecule has 0 saturated heterocycles. The van der Waals surface area contributed by atoms with E-state index in [1.54, 1.807) is 33.9 Å². The standard InChI is InChI=1S/C72H115N7O10S/c1-8-12-13-14-15-19-40-78(41-20-24-53(5)60-30-31-61-69-62(50-66(72(60,61)7)88-45-23-37-75)71(6)34-32-59(86-43-21-35-73)47-57(71)48-64(69)87-44-22-36-74)68(81)52-79(38-9-2)67(80)25-17-16-18-39-76-42-33-54(65(51-76)90(83,84)85)26-27-56-46-55-28-29-58(77(10-3)11-4)49-63(55)89-70(56)82/h9,26-29,33,42,46,49,51,53,57,59-62,64,66,69H,2,8,10-25,30-32,34-41,43-45,47-48,50,52,73-75H2,1,3-7H3/p+1/t53-,57?,59-,60-,61+,62+,64-,66+,69?,71+,72-/m1/s1. The fourth-order valence-corrected chi connectivity index (χ4v) is 17.3. The van der Waals surface area contributed by atoms with Crippen LogP contribution >= 0.6 is 0 Å². The number of unbranched alkanes of at least 4 members (excludes halogenated alkanes) is 7. The van der Waals surface area contributed by atoms with E-state index in [0.717, 1.165) is 121 Å². The number of benzene rings is 1. The van der Waals surface area contributed by atoms with Crippen molar-refractivity contribution in [3.05, 3.63) is 76.9 Å². The molecule has 504 valence electrons. The van der Waals surface area contributed by atoms with E-state index in [9.17, 15) is 27.4 Å². The first-order valence-electron chi connectivity index (χ1n) is 35.0. The maximum Gasteiger partial charge on any atom is 0.343 e. The minimum atomic E-state index is -4.64. The summed E-state index contributed by atoms with van der Waals surface area (Å²) in [6.45, 7) is 25.5. The van der Waals surface area contributed by atoms with Crippen molar-refractivity contribution < 1.29 is 45.8 Å². The van der Waals surface area contributed by atoms with E-state index in [2.05, 4.69) is 53.0 Å². The molecule has 4 saturated carbocycles. The number of nitrogens with zero attached hydrogens (tertiary/aromatic N) is 4. The van der Waals surface area contributed by atoms with Crippen molar-refractivity contribution in [3.63, 3.8) is 0 Å². The zero-order valence-corrected chi connectivity index (χ0v) is 56.8. The summed E-state index contributed by atoms with van der Waals surface area (Å²) in [6, 6.07) is 9.00. The highest BCUT2D eigenvalue weighted by molar-refractivity contribution is 7.85. The van der Waals surface area contributed by atoms with Crippen molar-refractivity contribution in [2.45, 2.75) is 213 Å². The van der Waals surface area contributed by atoms with E-state index >= 15 is 0 Å². The molecule has 2 heterocycles. The molecule has 2 unspecified atom stereocenters. The Labute approximate surface area is 540 Å². The summed E-state index contributed by atoms with van der Waals surface area (Å²) in [7, 11) is -4.64. The van der Waals surface area contributed by atoms with Gasteiger partial charge in [0.1, 0.15) is 18.7 Å². The Balaban J connectivity index is 0.963. The number of nitrogens with two attached hydrogens (primary N) is 3. The van der Waals surface area contributed by atoms with Crippen molar-refractivity contribution >= 4 is 50.7 Å². The minimum absolute atomic E-state index is 0.00212. The van der Waals surface area contributed by atoms with Crippen LogP contribution in [-0.2, 0) is 40.5 Å². The molecular formula is C72H116N7O10S+. The highest BCUT2D eigenvalue weighted by Crippen LogP contribution is 2.69. The molecule has 0 aliphatic heterocycles. The lowest BCUT2D eigenvalue weighted by Gasteiger charge is -2.65. The largest absolute Gasteiger partial charge is 0.422 e. The molecule has 11 atom stereocenters. The highest BCUT2D eigenvalue weighted by atomic mass is 32.2. The quantitative estimate of drug-likeness (QED) is 0.0136. The van der Waals surface area contributed by atoms with E-state index in [1.165, 1.54) is 44.0 Å². The number of pyridine rings is 1. The van der Waals surface area contributed by atoms with E-state index in [4.69, 9.17) is 35.8 Å². The normalized spacial score (nSPS) is 25.2. The van der Waals surface area contributed by atoms with Gasteiger partial charge >= 0.3 is 15.7 Å². The van der Waals surface area contributed by atoms with Gasteiger partial charge < -0.3 is 50.5 Å². The van der Waals surface area contributed by atoms with E-state index < -0.39 is 15.7 Å². The van der Waals surface area contributed by atoms with Gasteiger partial charge in [0.05, 0.1) is 23.9 Å². The average molecular weight is 1270 g/mol. The lowest BCUT2D eigenvalue weighted by Crippen LogP contribution is -2.63. The molecule has 0 bridgehead atoms. The second-order valence-electron chi connectivity index (χ2n) is 27.3. The minimum Gasteiger partial charge on any atom is -0.422 e. The van der Waals surface area contributed by atoms with Crippen LogP contribution in [0.1, 0.15) is 194 Å². The predicted molar refractivity (Wildman–Crippen MR) is 361 cm³/mol. The van der Waals surface area contributed by atoms with Gasteiger partial charge in [-0.3, -0.25) is 14.1 Å². The summed E-state index contributed by atoms with van der Waals surface area (Å²) >= 11 is 0. The van der Waals surface area contributed by atoms with Crippen LogP contribution in [0.4, 0.5) is 5.69 Å². The summed E-state index contributed by atoms with van der Waals surface area (Å²) in [5.41, 5.74) is 19.5. The van der Waals surface area contributed by atoms with Crippen LogP contribution in [0.5, 0.6) is 0 Å². The predicted octanol–water partition coefficient (Wildman–Crippen LogP) is 11.6. The van der Waals surface area contributed by atoms with Gasteiger partial charge in [-0.2, -0.15) is 8.42 Å². The first kappa shape index (κ1) is 72.9. The van der Waals surface area contributed by atoms with Gasteiger partial charge in [0.2, 0.25) is 11.8 Å². The zero-order valence-electron chi connectivity index (χ0n) is 56.0. The van der Waals surface area contributed by atoms with Gasteiger partial charge in [0.25, 0.3) is 0 Å². The zero-order chi connectivity index (χ0) is 64.8. The van der Waals surface area contributed by atoms with Gasteiger partial charge in [-0.1, -0.05) is 72.0 Å². The Kier molecular flexibility index (Phi) is 28.9. The summed E-state index contributed by atoms with van der Waals surface area (Å²) in [5.74, 6) is 2.68. The number of amides is 2. The third kappa shape index (κ3) is 18.9. The first-order valence-corrected chi connectivity index (χ1v) is 36.5. The number of rotatable bonds is 40. The van der Waals surface area contributed by atoms with Crippen LogP contribution in [0.3, 0.4) is 0 Å². The van der Waals surface area contributed by atoms with Crippen molar-refractivity contribution in [3.8, 4) is 0 Å². The molecule has 90 heavy (non-hydrogen) atoms. The molecule has 3 aromatic rings. The number of hydrogen-bond acceptors (Lipinski definition) is 13. The van der Waals surface area contributed by atoms with Crippen LogP contribution in [0.15, 0.2) is 69.5 Å². The lowest BCUT2D eigenvalue weighted by molar-refractivity contribution is -0.699. The highest BCUT2D eigenvalue weighted by Gasteiger charge is 2.66. The van der Waals surface area contributed by atoms with Gasteiger partial charge in [-0.05, 0) is 195 Å². The molecule has 17 nitrogen and oxygen atoms in total. The molecule has 4 aliphatic rings. The summed E-state index contributed by atoms with van der Waals surface area (Å²) in [6.07, 6.45) is 29.4. The summed E-state index contributed by atoms with van der Waals surface area (Å²) in [5, 5.41) is 0.724. The number of carbonyl (C=O) groups excluding carboxylic acids is 2. The number of carbonyl (C=O) groups is 2. The molecular weight excluding hydrogens is 1150 g/mol. The first-order chi connectivity index (χ1) is 43.4. The van der Waals surface area contributed by atoms with Crippen molar-refractivity contribution in [1.82, 2.24) is 9.80 Å². The van der Waals surface area contributed by atoms with Crippen LogP contribution in [0, 0.1) is 46.3 Å². The summed E-state index contributed by atoms with van der Waals surface area (Å²) < 4.78 is 63.7.